The van der Waals surface area contributed by atoms with Gasteiger partial charge in [-0.3, -0.25) is 4.79 Å². The van der Waals surface area contributed by atoms with Crippen LogP contribution in [-0.2, 0) is 20.9 Å². The summed E-state index contributed by atoms with van der Waals surface area (Å²) in [6, 6.07) is 8.47. The van der Waals surface area contributed by atoms with E-state index in [1.54, 1.807) is 39.8 Å². The minimum absolute atomic E-state index is 0.0173. The maximum absolute atomic E-state index is 12.3. The first-order valence-corrected chi connectivity index (χ1v) is 10.3. The number of hydrogen-bond acceptors (Lipinski definition) is 6. The lowest BCUT2D eigenvalue weighted by Crippen LogP contribution is -2.43. The topological polar surface area (TPSA) is 98.8 Å². The fourth-order valence-corrected chi connectivity index (χ4v) is 3.19. The van der Waals surface area contributed by atoms with E-state index in [9.17, 15) is 9.59 Å². The number of nitrogens with one attached hydrogen (secondary N) is 2. The van der Waals surface area contributed by atoms with E-state index < -0.39 is 17.7 Å². The van der Waals surface area contributed by atoms with E-state index in [1.807, 2.05) is 18.2 Å². The number of pyridine rings is 1. The Morgan fingerprint density at radius 3 is 2.68 bits per heavy atom. The molecule has 0 aliphatic carbocycles. The second-order valence-corrected chi connectivity index (χ2v) is 8.38. The molecule has 0 saturated carbocycles. The summed E-state index contributed by atoms with van der Waals surface area (Å²) in [5, 5.41) is 5.22. The lowest BCUT2D eigenvalue weighted by Gasteiger charge is -2.21. The highest BCUT2D eigenvalue weighted by Crippen LogP contribution is 2.40. The van der Waals surface area contributed by atoms with Gasteiger partial charge in [-0.2, -0.15) is 0 Å². The number of aromatic nitrogens is 1. The van der Waals surface area contributed by atoms with Crippen LogP contribution in [0.4, 0.5) is 10.5 Å². The number of carbonyl (C=O) groups is 2. The van der Waals surface area contributed by atoms with Crippen LogP contribution in [0.3, 0.4) is 0 Å². The molecule has 0 radical (unpaired) electrons. The summed E-state index contributed by atoms with van der Waals surface area (Å²) >= 11 is 0. The Morgan fingerprint density at radius 2 is 2.03 bits per heavy atom. The molecule has 2 N–H and O–H groups in total. The van der Waals surface area contributed by atoms with E-state index in [-0.39, 0.29) is 12.0 Å². The third-order valence-corrected chi connectivity index (χ3v) is 4.63. The summed E-state index contributed by atoms with van der Waals surface area (Å²) in [4.78, 5) is 28.4. The lowest BCUT2D eigenvalue weighted by atomic mass is 10.0. The van der Waals surface area contributed by atoms with Crippen LogP contribution in [0.5, 0.6) is 11.6 Å². The molecule has 2 unspecified atom stereocenters. The standard InChI is InChI=1S/C23H29N3O5/c1-6-17-20-15(13-29-17)8-7-9-18(20)30-19-11-10-16(12-24-19)26-21(27)14(2)25-22(28)31-23(3,4)5/h7-12,14,17H,6,13H2,1-5H3,(H,25,28)(H,26,27). The van der Waals surface area contributed by atoms with Gasteiger partial charge in [-0.25, -0.2) is 9.78 Å². The van der Waals surface area contributed by atoms with Gasteiger partial charge in [0.25, 0.3) is 0 Å². The Hall–Kier alpha value is -3.13. The second-order valence-electron chi connectivity index (χ2n) is 8.38. The lowest BCUT2D eigenvalue weighted by molar-refractivity contribution is -0.117. The van der Waals surface area contributed by atoms with Gasteiger partial charge in [0, 0.05) is 11.6 Å². The van der Waals surface area contributed by atoms with Crippen LogP contribution >= 0.6 is 0 Å². The van der Waals surface area contributed by atoms with E-state index >= 15 is 0 Å². The van der Waals surface area contributed by atoms with Crippen molar-refractivity contribution in [3.8, 4) is 11.6 Å². The Balaban J connectivity index is 1.59. The van der Waals surface area contributed by atoms with Gasteiger partial charge in [0.05, 0.1) is 24.6 Å². The number of anilines is 1. The third-order valence-electron chi connectivity index (χ3n) is 4.63. The number of nitrogens with zero attached hydrogens (tertiary/aromatic N) is 1. The van der Waals surface area contributed by atoms with Gasteiger partial charge >= 0.3 is 6.09 Å². The zero-order valence-corrected chi connectivity index (χ0v) is 18.5. The van der Waals surface area contributed by atoms with Gasteiger partial charge in [0.1, 0.15) is 17.4 Å². The van der Waals surface area contributed by atoms with Gasteiger partial charge in [-0.15, -0.1) is 0 Å². The van der Waals surface area contributed by atoms with Crippen LogP contribution < -0.4 is 15.4 Å². The average molecular weight is 428 g/mol. The Morgan fingerprint density at radius 1 is 1.26 bits per heavy atom. The zero-order chi connectivity index (χ0) is 22.6. The van der Waals surface area contributed by atoms with Crippen LogP contribution in [0.15, 0.2) is 36.5 Å². The molecule has 1 aliphatic heterocycles. The number of rotatable bonds is 6. The maximum atomic E-state index is 12.3. The third kappa shape index (κ3) is 5.95. The molecule has 166 valence electrons. The Labute approximate surface area is 182 Å². The van der Waals surface area contributed by atoms with Crippen LogP contribution in [0.1, 0.15) is 58.3 Å². The first-order valence-electron chi connectivity index (χ1n) is 10.3. The van der Waals surface area contributed by atoms with Crippen molar-refractivity contribution in [2.75, 3.05) is 5.32 Å². The maximum Gasteiger partial charge on any atom is 0.408 e. The average Bonchev–Trinajstić information content (AvgIpc) is 3.12. The van der Waals surface area contributed by atoms with Crippen molar-refractivity contribution in [2.24, 2.45) is 0 Å². The molecule has 2 aromatic rings. The number of ether oxygens (including phenoxy) is 3. The minimum atomic E-state index is -0.774. The highest BCUT2D eigenvalue weighted by molar-refractivity contribution is 5.96. The fraction of sp³-hybridized carbons (Fsp3) is 0.435. The zero-order valence-electron chi connectivity index (χ0n) is 18.5. The number of benzene rings is 1. The van der Waals surface area contributed by atoms with E-state index in [2.05, 4.69) is 22.5 Å². The molecule has 0 fully saturated rings. The molecule has 1 aromatic heterocycles. The number of amides is 2. The summed E-state index contributed by atoms with van der Waals surface area (Å²) in [6.07, 6.45) is 1.73. The van der Waals surface area contributed by atoms with Crippen molar-refractivity contribution in [1.29, 1.82) is 0 Å². The Bertz CT molecular complexity index is 937. The highest BCUT2D eigenvalue weighted by Gasteiger charge is 2.26. The molecule has 0 saturated heterocycles. The number of fused-ring (bicyclic) bond motifs is 1. The van der Waals surface area contributed by atoms with E-state index in [0.29, 0.717) is 18.2 Å². The quantitative estimate of drug-likeness (QED) is 0.693. The molecule has 2 heterocycles. The van der Waals surface area contributed by atoms with Gasteiger partial charge in [-0.1, -0.05) is 19.1 Å². The van der Waals surface area contributed by atoms with Crippen LogP contribution in [0.25, 0.3) is 0 Å². The first kappa shape index (κ1) is 22.6. The largest absolute Gasteiger partial charge is 0.444 e. The van der Waals surface area contributed by atoms with Crippen LogP contribution in [0, 0.1) is 0 Å². The predicted molar refractivity (Wildman–Crippen MR) is 116 cm³/mol. The number of alkyl carbamates (subject to hydrolysis) is 1. The van der Waals surface area contributed by atoms with Crippen molar-refractivity contribution in [1.82, 2.24) is 10.3 Å². The molecule has 2 atom stereocenters. The molecule has 1 aromatic carbocycles. The van der Waals surface area contributed by atoms with Crippen LogP contribution in [0.2, 0.25) is 0 Å². The van der Waals surface area contributed by atoms with E-state index in [0.717, 1.165) is 23.3 Å². The van der Waals surface area contributed by atoms with Crippen molar-refractivity contribution < 1.29 is 23.8 Å². The monoisotopic (exact) mass is 427 g/mol. The summed E-state index contributed by atoms with van der Waals surface area (Å²) in [5.74, 6) is 0.750. The first-order chi connectivity index (χ1) is 14.7. The number of carbonyl (C=O) groups excluding carboxylic acids is 2. The molecule has 1 aliphatic rings. The van der Waals surface area contributed by atoms with E-state index in [1.165, 1.54) is 6.20 Å². The second kappa shape index (κ2) is 9.34. The molecule has 31 heavy (non-hydrogen) atoms. The fourth-order valence-electron chi connectivity index (χ4n) is 3.19. The molecule has 8 nitrogen and oxygen atoms in total. The summed E-state index contributed by atoms with van der Waals surface area (Å²) < 4.78 is 16.9. The van der Waals surface area contributed by atoms with Crippen molar-refractivity contribution in [3.05, 3.63) is 47.7 Å². The van der Waals surface area contributed by atoms with Crippen LogP contribution in [-0.4, -0.2) is 28.6 Å². The molecule has 3 rings (SSSR count). The van der Waals surface area contributed by atoms with Gasteiger partial charge in [-0.05, 0) is 51.8 Å². The molecule has 2 amide bonds. The molecular weight excluding hydrogens is 398 g/mol. The summed E-state index contributed by atoms with van der Waals surface area (Å²) in [5.41, 5.74) is 2.04. The minimum Gasteiger partial charge on any atom is -0.444 e. The van der Waals surface area contributed by atoms with Gasteiger partial charge < -0.3 is 24.8 Å². The van der Waals surface area contributed by atoms with E-state index in [4.69, 9.17) is 14.2 Å². The Kier molecular flexibility index (Phi) is 6.80. The molecule has 0 spiro atoms. The van der Waals surface area contributed by atoms with Crippen molar-refractivity contribution in [2.45, 2.75) is 65.4 Å². The summed E-state index contributed by atoms with van der Waals surface area (Å²) in [6.45, 7) is 9.50. The smallest absolute Gasteiger partial charge is 0.408 e. The normalized spacial score (nSPS) is 16.2. The molecular formula is C23H29N3O5. The van der Waals surface area contributed by atoms with Crippen molar-refractivity contribution in [3.63, 3.8) is 0 Å². The van der Waals surface area contributed by atoms with Gasteiger partial charge in [0.15, 0.2) is 0 Å². The van der Waals surface area contributed by atoms with Crippen molar-refractivity contribution >= 4 is 17.7 Å². The van der Waals surface area contributed by atoms with Gasteiger partial charge in [0.2, 0.25) is 11.8 Å². The SMILES string of the molecule is CCC1OCc2cccc(Oc3ccc(NC(=O)C(C)NC(=O)OC(C)(C)C)cn3)c21. The molecule has 0 bridgehead atoms. The number of hydrogen-bond donors (Lipinski definition) is 2. The molecule has 8 heteroatoms. The highest BCUT2D eigenvalue weighted by atomic mass is 16.6. The summed E-state index contributed by atoms with van der Waals surface area (Å²) in [7, 11) is 0. The predicted octanol–water partition coefficient (Wildman–Crippen LogP) is 4.71.